The molecular formula is C20H24N4O. The van der Waals surface area contributed by atoms with Crippen molar-refractivity contribution in [3.63, 3.8) is 0 Å². The van der Waals surface area contributed by atoms with Crippen molar-refractivity contribution in [3.05, 3.63) is 47.8 Å². The molecule has 5 nitrogen and oxygen atoms in total. The first kappa shape index (κ1) is 15.1. The molecule has 2 atom stereocenters. The fourth-order valence-corrected chi connectivity index (χ4v) is 4.35. The number of fused-ring (bicyclic) bond motifs is 2. The number of nitrogens with zero attached hydrogens (tertiary/aromatic N) is 3. The van der Waals surface area contributed by atoms with E-state index in [1.807, 2.05) is 22.9 Å². The van der Waals surface area contributed by atoms with Gasteiger partial charge in [0.05, 0.1) is 23.1 Å². The molecule has 0 spiro atoms. The molecule has 1 aliphatic carbocycles. The second kappa shape index (κ2) is 5.99. The standard InChI is InChI=1S/C20H24N4O/c25-20(23-11-10-15-8-9-16(13-23)22-15)18-12-21-24(19(18)14-6-7-14)17-4-2-1-3-5-17/h1-5,12,14-16,22H,6-11,13H2. The van der Waals surface area contributed by atoms with Crippen LogP contribution in [0.15, 0.2) is 36.5 Å². The molecule has 2 aliphatic heterocycles. The van der Waals surface area contributed by atoms with Crippen LogP contribution in [-0.2, 0) is 0 Å². The number of aromatic nitrogens is 2. The first-order valence-electron chi connectivity index (χ1n) is 9.48. The van der Waals surface area contributed by atoms with Gasteiger partial charge in [0.15, 0.2) is 0 Å². The Morgan fingerprint density at radius 1 is 1.04 bits per heavy atom. The lowest BCUT2D eigenvalue weighted by Crippen LogP contribution is -2.39. The van der Waals surface area contributed by atoms with Gasteiger partial charge in [0.25, 0.3) is 5.91 Å². The van der Waals surface area contributed by atoms with Crippen molar-refractivity contribution < 1.29 is 4.79 Å². The van der Waals surface area contributed by atoms with Gasteiger partial charge in [-0.3, -0.25) is 4.79 Å². The molecule has 25 heavy (non-hydrogen) atoms. The van der Waals surface area contributed by atoms with Crippen LogP contribution in [0.1, 0.15) is 54.1 Å². The highest BCUT2D eigenvalue weighted by atomic mass is 16.2. The normalized spacial score (nSPS) is 25.8. The van der Waals surface area contributed by atoms with Gasteiger partial charge in [0.1, 0.15) is 0 Å². The summed E-state index contributed by atoms with van der Waals surface area (Å²) in [4.78, 5) is 15.3. The first-order chi connectivity index (χ1) is 12.3. The molecule has 1 N–H and O–H groups in total. The van der Waals surface area contributed by atoms with Gasteiger partial charge in [-0.2, -0.15) is 5.10 Å². The fourth-order valence-electron chi connectivity index (χ4n) is 4.35. The lowest BCUT2D eigenvalue weighted by molar-refractivity contribution is 0.0747. The number of benzene rings is 1. The van der Waals surface area contributed by atoms with Crippen LogP contribution in [0.5, 0.6) is 0 Å². The molecule has 1 saturated carbocycles. The van der Waals surface area contributed by atoms with Crippen LogP contribution in [0.2, 0.25) is 0 Å². The Morgan fingerprint density at radius 2 is 1.84 bits per heavy atom. The number of rotatable bonds is 3. The van der Waals surface area contributed by atoms with Crippen LogP contribution in [0.25, 0.3) is 5.69 Å². The SMILES string of the molecule is O=C(c1cnn(-c2ccccc2)c1C1CC1)N1CCC2CCC(C1)N2. The average molecular weight is 336 g/mol. The highest BCUT2D eigenvalue weighted by molar-refractivity contribution is 5.95. The molecule has 1 aromatic heterocycles. The number of likely N-dealkylation sites (tertiary alicyclic amines) is 1. The van der Waals surface area contributed by atoms with E-state index in [0.29, 0.717) is 18.0 Å². The molecule has 3 fully saturated rings. The fraction of sp³-hybridized carbons (Fsp3) is 0.500. The monoisotopic (exact) mass is 336 g/mol. The Kier molecular flexibility index (Phi) is 3.63. The van der Waals surface area contributed by atoms with E-state index in [2.05, 4.69) is 27.4 Å². The molecule has 2 unspecified atom stereocenters. The van der Waals surface area contributed by atoms with Crippen LogP contribution >= 0.6 is 0 Å². The number of hydrogen-bond donors (Lipinski definition) is 1. The summed E-state index contributed by atoms with van der Waals surface area (Å²) < 4.78 is 1.98. The summed E-state index contributed by atoms with van der Waals surface area (Å²) in [5.41, 5.74) is 2.96. The Morgan fingerprint density at radius 3 is 2.64 bits per heavy atom. The summed E-state index contributed by atoms with van der Waals surface area (Å²) in [5, 5.41) is 8.24. The Balaban J connectivity index is 1.47. The van der Waals surface area contributed by atoms with E-state index in [0.717, 1.165) is 49.3 Å². The third-order valence-corrected chi connectivity index (χ3v) is 5.81. The smallest absolute Gasteiger partial charge is 0.257 e. The van der Waals surface area contributed by atoms with Gasteiger partial charge in [0.2, 0.25) is 0 Å². The van der Waals surface area contributed by atoms with Crippen molar-refractivity contribution in [2.24, 2.45) is 0 Å². The highest BCUT2D eigenvalue weighted by Crippen LogP contribution is 2.42. The Hall–Kier alpha value is -2.14. The number of hydrogen-bond acceptors (Lipinski definition) is 3. The van der Waals surface area contributed by atoms with Gasteiger partial charge in [-0.25, -0.2) is 4.68 Å². The number of nitrogens with one attached hydrogen (secondary N) is 1. The van der Waals surface area contributed by atoms with Gasteiger partial charge in [0, 0.05) is 31.1 Å². The molecule has 1 amide bonds. The predicted molar refractivity (Wildman–Crippen MR) is 96.0 cm³/mol. The number of carbonyl (C=O) groups is 1. The molecule has 0 radical (unpaired) electrons. The summed E-state index contributed by atoms with van der Waals surface area (Å²) in [6, 6.07) is 11.2. The van der Waals surface area contributed by atoms with Crippen molar-refractivity contribution in [1.82, 2.24) is 20.0 Å². The third-order valence-electron chi connectivity index (χ3n) is 5.81. The zero-order chi connectivity index (χ0) is 16.8. The summed E-state index contributed by atoms with van der Waals surface area (Å²) in [6.45, 7) is 1.68. The van der Waals surface area contributed by atoms with Crippen LogP contribution in [-0.4, -0.2) is 45.8 Å². The molecule has 5 rings (SSSR count). The van der Waals surface area contributed by atoms with Crippen molar-refractivity contribution in [1.29, 1.82) is 0 Å². The van der Waals surface area contributed by atoms with E-state index in [4.69, 9.17) is 0 Å². The Labute approximate surface area is 148 Å². The molecule has 5 heteroatoms. The van der Waals surface area contributed by atoms with E-state index < -0.39 is 0 Å². The van der Waals surface area contributed by atoms with Gasteiger partial charge >= 0.3 is 0 Å². The van der Waals surface area contributed by atoms with E-state index in [-0.39, 0.29) is 5.91 Å². The molecule has 3 heterocycles. The lowest BCUT2D eigenvalue weighted by atomic mass is 10.1. The minimum absolute atomic E-state index is 0.165. The van der Waals surface area contributed by atoms with Crippen molar-refractivity contribution in [2.45, 2.75) is 50.1 Å². The number of carbonyl (C=O) groups excluding carboxylic acids is 1. The summed E-state index contributed by atoms with van der Waals surface area (Å²) in [7, 11) is 0. The van der Waals surface area contributed by atoms with E-state index in [1.165, 1.54) is 12.8 Å². The molecule has 130 valence electrons. The predicted octanol–water partition coefficient (Wildman–Crippen LogP) is 2.72. The maximum atomic E-state index is 13.3. The quantitative estimate of drug-likeness (QED) is 0.938. The molecule has 2 saturated heterocycles. The molecular weight excluding hydrogens is 312 g/mol. The van der Waals surface area contributed by atoms with Gasteiger partial charge in [-0.05, 0) is 44.2 Å². The minimum Gasteiger partial charge on any atom is -0.337 e. The number of para-hydroxylation sites is 1. The van der Waals surface area contributed by atoms with E-state index in [9.17, 15) is 4.79 Å². The second-order valence-corrected chi connectivity index (χ2v) is 7.64. The molecule has 3 aliphatic rings. The first-order valence-corrected chi connectivity index (χ1v) is 9.48. The van der Waals surface area contributed by atoms with Gasteiger partial charge in [-0.1, -0.05) is 18.2 Å². The molecule has 1 aromatic carbocycles. The van der Waals surface area contributed by atoms with Crippen LogP contribution < -0.4 is 5.32 Å². The van der Waals surface area contributed by atoms with Crippen LogP contribution in [0.4, 0.5) is 0 Å². The topological polar surface area (TPSA) is 50.2 Å². The number of amides is 1. The van der Waals surface area contributed by atoms with Crippen LogP contribution in [0, 0.1) is 0 Å². The molecule has 2 bridgehead atoms. The second-order valence-electron chi connectivity index (χ2n) is 7.64. The van der Waals surface area contributed by atoms with Crippen LogP contribution in [0.3, 0.4) is 0 Å². The Bertz CT molecular complexity index is 780. The third kappa shape index (κ3) is 2.76. The zero-order valence-corrected chi connectivity index (χ0v) is 14.4. The average Bonchev–Trinajstić information content (AvgIpc) is 3.27. The highest BCUT2D eigenvalue weighted by Gasteiger charge is 2.36. The maximum Gasteiger partial charge on any atom is 0.257 e. The molecule has 2 aromatic rings. The van der Waals surface area contributed by atoms with Crippen molar-refractivity contribution in [3.8, 4) is 5.69 Å². The summed E-state index contributed by atoms with van der Waals surface area (Å²) in [6.07, 6.45) is 7.61. The largest absolute Gasteiger partial charge is 0.337 e. The summed E-state index contributed by atoms with van der Waals surface area (Å²) in [5.74, 6) is 0.640. The van der Waals surface area contributed by atoms with E-state index in [1.54, 1.807) is 6.20 Å². The van der Waals surface area contributed by atoms with Gasteiger partial charge in [-0.15, -0.1) is 0 Å². The summed E-state index contributed by atoms with van der Waals surface area (Å²) >= 11 is 0. The lowest BCUT2D eigenvalue weighted by Gasteiger charge is -2.24. The maximum absolute atomic E-state index is 13.3. The van der Waals surface area contributed by atoms with Gasteiger partial charge < -0.3 is 10.2 Å². The van der Waals surface area contributed by atoms with E-state index >= 15 is 0 Å². The zero-order valence-electron chi connectivity index (χ0n) is 14.4. The van der Waals surface area contributed by atoms with Crippen molar-refractivity contribution in [2.75, 3.05) is 13.1 Å². The minimum atomic E-state index is 0.165. The van der Waals surface area contributed by atoms with Crippen molar-refractivity contribution >= 4 is 5.91 Å².